The van der Waals surface area contributed by atoms with E-state index in [4.69, 9.17) is 0 Å². The van der Waals surface area contributed by atoms with Gasteiger partial charge in [-0.3, -0.25) is 14.9 Å². The number of nitro groups is 1. The molecule has 0 amide bonds. The zero-order chi connectivity index (χ0) is 14.5. The summed E-state index contributed by atoms with van der Waals surface area (Å²) >= 11 is 2.19. The lowest BCUT2D eigenvalue weighted by atomic mass is 10.1. The number of benzene rings is 2. The summed E-state index contributed by atoms with van der Waals surface area (Å²) in [4.78, 5) is 22.0. The zero-order valence-corrected chi connectivity index (χ0v) is 12.5. The third kappa shape index (κ3) is 3.77. The van der Waals surface area contributed by atoms with Crippen LogP contribution in [0.25, 0.3) is 0 Å². The average molecular weight is 382 g/mol. The second-order valence-electron chi connectivity index (χ2n) is 4.09. The molecule has 0 atom stereocenters. The maximum atomic E-state index is 11.9. The second kappa shape index (κ2) is 6.47. The highest BCUT2D eigenvalue weighted by Gasteiger charge is 2.09. The van der Waals surface area contributed by atoms with Crippen molar-refractivity contribution >= 4 is 39.7 Å². The summed E-state index contributed by atoms with van der Waals surface area (Å²) in [5.41, 5.74) is 1.30. The fourth-order valence-electron chi connectivity index (χ4n) is 1.65. The van der Waals surface area contributed by atoms with E-state index in [9.17, 15) is 14.9 Å². The van der Waals surface area contributed by atoms with E-state index in [0.717, 1.165) is 9.26 Å². The molecule has 0 saturated carbocycles. The van der Waals surface area contributed by atoms with Gasteiger partial charge in [0.1, 0.15) is 0 Å². The molecule has 2 rings (SSSR count). The predicted octanol–water partition coefficient (Wildman–Crippen LogP) is 3.49. The molecule has 6 heteroatoms. The minimum Gasteiger partial charge on any atom is -0.378 e. The van der Waals surface area contributed by atoms with Gasteiger partial charge in [0.05, 0.1) is 11.5 Å². The van der Waals surface area contributed by atoms with E-state index < -0.39 is 4.92 Å². The molecule has 0 fully saturated rings. The molecule has 0 aromatic heterocycles. The molecule has 0 radical (unpaired) electrons. The fraction of sp³-hybridized carbons (Fsp3) is 0.0714. The fourth-order valence-corrected chi connectivity index (χ4v) is 2.19. The number of nitrogens with one attached hydrogen (secondary N) is 1. The molecule has 0 aliphatic carbocycles. The number of hydrogen-bond donors (Lipinski definition) is 1. The molecule has 102 valence electrons. The standard InChI is InChI=1S/C14H11IN2O3/c15-11-2-1-3-12(8-11)16-9-14(18)10-4-6-13(7-5-10)17(19)20/h1-8,16H,9H2. The second-order valence-corrected chi connectivity index (χ2v) is 5.34. The number of nitrogens with zero attached hydrogens (tertiary/aromatic N) is 1. The van der Waals surface area contributed by atoms with E-state index in [1.54, 1.807) is 0 Å². The van der Waals surface area contributed by atoms with Crippen molar-refractivity contribution in [1.82, 2.24) is 0 Å². The largest absolute Gasteiger partial charge is 0.378 e. The molecule has 20 heavy (non-hydrogen) atoms. The molecule has 0 aliphatic heterocycles. The lowest BCUT2D eigenvalue weighted by molar-refractivity contribution is -0.384. The number of halogens is 1. The number of carbonyl (C=O) groups is 1. The first-order chi connectivity index (χ1) is 9.56. The van der Waals surface area contributed by atoms with Crippen LogP contribution >= 0.6 is 22.6 Å². The Morgan fingerprint density at radius 1 is 1.20 bits per heavy atom. The van der Waals surface area contributed by atoms with Crippen molar-refractivity contribution in [3.8, 4) is 0 Å². The Bertz CT molecular complexity index is 641. The zero-order valence-electron chi connectivity index (χ0n) is 10.4. The molecule has 2 aromatic rings. The number of carbonyl (C=O) groups excluding carboxylic acids is 1. The number of ketones is 1. The Hall–Kier alpha value is -1.96. The highest BCUT2D eigenvalue weighted by molar-refractivity contribution is 14.1. The maximum Gasteiger partial charge on any atom is 0.269 e. The van der Waals surface area contributed by atoms with Crippen molar-refractivity contribution in [2.75, 3.05) is 11.9 Å². The van der Waals surface area contributed by atoms with Crippen LogP contribution in [0.15, 0.2) is 48.5 Å². The Morgan fingerprint density at radius 2 is 1.90 bits per heavy atom. The van der Waals surface area contributed by atoms with Gasteiger partial charge < -0.3 is 5.32 Å². The molecular formula is C14H11IN2O3. The van der Waals surface area contributed by atoms with Gasteiger partial charge in [0.15, 0.2) is 5.78 Å². The van der Waals surface area contributed by atoms with Crippen LogP contribution in [0.2, 0.25) is 0 Å². The van der Waals surface area contributed by atoms with Crippen LogP contribution in [0.5, 0.6) is 0 Å². The average Bonchev–Trinajstić information content (AvgIpc) is 2.45. The van der Waals surface area contributed by atoms with Crippen molar-refractivity contribution in [2.45, 2.75) is 0 Å². The molecule has 0 spiro atoms. The molecule has 1 N–H and O–H groups in total. The Balaban J connectivity index is 1.99. The van der Waals surface area contributed by atoms with Crippen molar-refractivity contribution in [1.29, 1.82) is 0 Å². The summed E-state index contributed by atoms with van der Waals surface area (Å²) in [6.45, 7) is 0.151. The van der Waals surface area contributed by atoms with Gasteiger partial charge >= 0.3 is 0 Å². The third-order valence-electron chi connectivity index (χ3n) is 2.68. The SMILES string of the molecule is O=C(CNc1cccc(I)c1)c1ccc([N+](=O)[O-])cc1. The monoisotopic (exact) mass is 382 g/mol. The molecule has 0 saturated heterocycles. The van der Waals surface area contributed by atoms with Crippen LogP contribution in [0.3, 0.4) is 0 Å². The first-order valence-corrected chi connectivity index (χ1v) is 6.91. The third-order valence-corrected chi connectivity index (χ3v) is 3.35. The quantitative estimate of drug-likeness (QED) is 0.372. The van der Waals surface area contributed by atoms with E-state index >= 15 is 0 Å². The van der Waals surface area contributed by atoms with Crippen LogP contribution in [0.1, 0.15) is 10.4 Å². The number of Topliss-reactive ketones (excluding diaryl/α,β-unsaturated/α-hetero) is 1. The highest BCUT2D eigenvalue weighted by Crippen LogP contribution is 2.14. The van der Waals surface area contributed by atoms with E-state index in [0.29, 0.717) is 5.56 Å². The number of hydrogen-bond acceptors (Lipinski definition) is 4. The molecule has 0 bridgehead atoms. The topological polar surface area (TPSA) is 72.2 Å². The van der Waals surface area contributed by atoms with Gasteiger partial charge in [0.25, 0.3) is 5.69 Å². The summed E-state index contributed by atoms with van der Waals surface area (Å²) in [7, 11) is 0. The summed E-state index contributed by atoms with van der Waals surface area (Å²) in [5.74, 6) is -0.112. The van der Waals surface area contributed by atoms with Gasteiger partial charge in [0, 0.05) is 27.0 Å². The summed E-state index contributed by atoms with van der Waals surface area (Å²) in [6, 6.07) is 13.3. The van der Waals surface area contributed by atoms with Crippen molar-refractivity contribution < 1.29 is 9.72 Å². The molecule has 5 nitrogen and oxygen atoms in total. The van der Waals surface area contributed by atoms with Gasteiger partial charge in [-0.05, 0) is 52.9 Å². The first-order valence-electron chi connectivity index (χ1n) is 5.83. The normalized spacial score (nSPS) is 10.1. The lowest BCUT2D eigenvalue weighted by Gasteiger charge is -2.06. The van der Waals surface area contributed by atoms with E-state index in [2.05, 4.69) is 27.9 Å². The van der Waals surface area contributed by atoms with E-state index in [1.807, 2.05) is 24.3 Å². The van der Waals surface area contributed by atoms with Gasteiger partial charge in [-0.2, -0.15) is 0 Å². The van der Waals surface area contributed by atoms with Crippen LogP contribution in [0.4, 0.5) is 11.4 Å². The van der Waals surface area contributed by atoms with Gasteiger partial charge in [-0.15, -0.1) is 0 Å². The van der Waals surface area contributed by atoms with Crippen LogP contribution in [-0.4, -0.2) is 17.3 Å². The minimum atomic E-state index is -0.488. The maximum absolute atomic E-state index is 11.9. The molecule has 0 unspecified atom stereocenters. The molecule has 0 heterocycles. The number of nitro benzene ring substituents is 1. The molecule has 0 aliphatic rings. The van der Waals surface area contributed by atoms with Crippen LogP contribution < -0.4 is 5.32 Å². The summed E-state index contributed by atoms with van der Waals surface area (Å²) in [5, 5.41) is 13.6. The summed E-state index contributed by atoms with van der Waals surface area (Å²) < 4.78 is 1.08. The van der Waals surface area contributed by atoms with Crippen molar-refractivity contribution in [3.63, 3.8) is 0 Å². The Morgan fingerprint density at radius 3 is 2.50 bits per heavy atom. The molecule has 2 aromatic carbocycles. The smallest absolute Gasteiger partial charge is 0.269 e. The van der Waals surface area contributed by atoms with Crippen molar-refractivity contribution in [2.24, 2.45) is 0 Å². The predicted molar refractivity (Wildman–Crippen MR) is 85.1 cm³/mol. The number of rotatable bonds is 5. The number of anilines is 1. The van der Waals surface area contributed by atoms with E-state index in [1.165, 1.54) is 24.3 Å². The summed E-state index contributed by atoms with van der Waals surface area (Å²) in [6.07, 6.45) is 0. The van der Waals surface area contributed by atoms with E-state index in [-0.39, 0.29) is 18.0 Å². The highest BCUT2D eigenvalue weighted by atomic mass is 127. The lowest BCUT2D eigenvalue weighted by Crippen LogP contribution is -2.14. The van der Waals surface area contributed by atoms with Gasteiger partial charge in [-0.1, -0.05) is 6.07 Å². The Labute approximate surface area is 129 Å². The Kier molecular flexibility index (Phi) is 4.67. The van der Waals surface area contributed by atoms with Crippen molar-refractivity contribution in [3.05, 3.63) is 67.8 Å². The first kappa shape index (κ1) is 14.4. The van der Waals surface area contributed by atoms with Gasteiger partial charge in [-0.25, -0.2) is 0 Å². The van der Waals surface area contributed by atoms with Crippen LogP contribution in [0, 0.1) is 13.7 Å². The van der Waals surface area contributed by atoms with Gasteiger partial charge in [0.2, 0.25) is 0 Å². The van der Waals surface area contributed by atoms with Crippen LogP contribution in [-0.2, 0) is 0 Å². The minimum absolute atomic E-state index is 0.0212. The molecular weight excluding hydrogens is 371 g/mol. The number of non-ortho nitro benzene ring substituents is 1.